The molecule has 3 aliphatic rings. The lowest BCUT2D eigenvalue weighted by atomic mass is 9.91. The summed E-state index contributed by atoms with van der Waals surface area (Å²) in [6, 6.07) is 29.6. The maximum atomic E-state index is 14.2. The second-order valence-electron chi connectivity index (χ2n) is 15.9. The third-order valence-electron chi connectivity index (χ3n) is 11.5. The van der Waals surface area contributed by atoms with E-state index in [1.165, 1.54) is 4.90 Å². The molecule has 0 saturated heterocycles. The molecule has 0 radical (unpaired) electrons. The number of carbonyl (C=O) groups excluding carboxylic acids is 3. The van der Waals surface area contributed by atoms with Gasteiger partial charge in [0.25, 0.3) is 5.91 Å². The summed E-state index contributed by atoms with van der Waals surface area (Å²) in [6.45, 7) is 0.194. The number of amides is 3. The molecule has 3 atom stereocenters. The van der Waals surface area contributed by atoms with Gasteiger partial charge in [0.2, 0.25) is 12.0 Å². The highest BCUT2D eigenvalue weighted by Crippen LogP contribution is 2.40. The molecule has 5 aromatic carbocycles. The van der Waals surface area contributed by atoms with Crippen molar-refractivity contribution in [1.82, 2.24) is 10.2 Å². The van der Waals surface area contributed by atoms with Gasteiger partial charge in [0.15, 0.2) is 0 Å². The molecule has 1 fully saturated rings. The van der Waals surface area contributed by atoms with Crippen molar-refractivity contribution in [1.29, 1.82) is 5.26 Å². The molecule has 4 N–H and O–H groups in total. The van der Waals surface area contributed by atoms with E-state index in [9.17, 15) is 29.4 Å². The number of benzene rings is 5. The van der Waals surface area contributed by atoms with Crippen LogP contribution in [-0.4, -0.2) is 63.3 Å². The molecule has 5 aromatic rings. The van der Waals surface area contributed by atoms with E-state index in [0.717, 1.165) is 16.7 Å². The topological polar surface area (TPSA) is 188 Å². The molecule has 13 nitrogen and oxygen atoms in total. The molecular weight excluding hydrogens is 847 g/mol. The van der Waals surface area contributed by atoms with E-state index in [4.69, 9.17) is 42.7 Å². The zero-order valence-corrected chi connectivity index (χ0v) is 35.3. The molecule has 8 rings (SSSR count). The number of fused-ring (bicyclic) bond motifs is 2. The minimum atomic E-state index is -1.33. The zero-order chi connectivity index (χ0) is 44.2. The summed E-state index contributed by atoms with van der Waals surface area (Å²) >= 11 is 12.2. The van der Waals surface area contributed by atoms with Crippen molar-refractivity contribution in [2.24, 2.45) is 0 Å². The number of hydrogen-bond acceptors (Lipinski definition) is 9. The molecule has 1 aliphatic carbocycles. The summed E-state index contributed by atoms with van der Waals surface area (Å²) < 4.78 is 18.1. The van der Waals surface area contributed by atoms with Crippen LogP contribution in [0.25, 0.3) is 11.1 Å². The number of aliphatic carboxylic acids is 1. The number of aliphatic hydroxyl groups excluding tert-OH is 1. The predicted octanol–water partition coefficient (Wildman–Crippen LogP) is 8.16. The van der Waals surface area contributed by atoms with Crippen LogP contribution in [0.4, 0.5) is 10.5 Å². The van der Waals surface area contributed by atoms with Crippen molar-refractivity contribution < 1.29 is 43.6 Å². The van der Waals surface area contributed by atoms with Crippen molar-refractivity contribution in [3.63, 3.8) is 0 Å². The van der Waals surface area contributed by atoms with Gasteiger partial charge in [-0.25, -0.2) is 9.59 Å². The number of nitrogens with one attached hydrogen (secondary N) is 2. The fourth-order valence-corrected chi connectivity index (χ4v) is 8.34. The highest BCUT2D eigenvalue weighted by Gasteiger charge is 2.40. The second kappa shape index (κ2) is 18.8. The molecule has 0 aromatic heterocycles. The van der Waals surface area contributed by atoms with Crippen molar-refractivity contribution in [3.05, 3.63) is 147 Å². The van der Waals surface area contributed by atoms with Crippen LogP contribution in [0.15, 0.2) is 103 Å². The Hall–Kier alpha value is -6.59. The Bertz CT molecular complexity index is 2570. The maximum absolute atomic E-state index is 14.2. The summed E-state index contributed by atoms with van der Waals surface area (Å²) in [6.07, 6.45) is -0.806. The number of carbonyl (C=O) groups is 4. The largest absolute Gasteiger partial charge is 0.489 e. The van der Waals surface area contributed by atoms with Gasteiger partial charge in [-0.3, -0.25) is 14.5 Å². The number of carboxylic acids is 1. The molecule has 1 saturated carbocycles. The number of rotatable bonds is 11. The number of halogens is 2. The van der Waals surface area contributed by atoms with Crippen LogP contribution < -0.4 is 20.1 Å². The number of ether oxygens (including phenoxy) is 3. The zero-order valence-electron chi connectivity index (χ0n) is 33.8. The average molecular weight is 890 g/mol. The molecular formula is C48H42Cl2N4O9. The summed E-state index contributed by atoms with van der Waals surface area (Å²) in [5.74, 6) is -1.41. The quantitative estimate of drug-likeness (QED) is 0.101. The van der Waals surface area contributed by atoms with Crippen molar-refractivity contribution >= 4 is 52.8 Å². The van der Waals surface area contributed by atoms with E-state index in [1.54, 1.807) is 72.8 Å². The standard InChI is InChI=1S/C48H42Cl2N4O9/c49-38-18-5-29(19-39(38)50)26-61-36-14-10-32(11-15-36)44-46(57)52-40-21-33-22-42(54(25-34(33)23-43(40)63-44)48(60)62-37-16-12-35(55)13-17-37)45(56)53-41(47(58)59)20-27-1-6-30(7-2-27)31-8-3-28(24-51)4-9-31/h1-11,14-15,18-19,21,23,35,37,41-42,44,55H,12-13,16-17,20,22,25-26H2,(H,52,57)(H,53,56)(H,58,59)/t35?,37?,41-,42-,44?/m0/s1. The normalized spacial score (nSPS) is 19.5. The Morgan fingerprint density at radius 2 is 1.56 bits per heavy atom. The Morgan fingerprint density at radius 1 is 0.873 bits per heavy atom. The smallest absolute Gasteiger partial charge is 0.411 e. The Kier molecular flexibility index (Phi) is 12.9. The lowest BCUT2D eigenvalue weighted by Gasteiger charge is -2.38. The van der Waals surface area contributed by atoms with Gasteiger partial charge < -0.3 is 35.1 Å². The molecule has 322 valence electrons. The van der Waals surface area contributed by atoms with Gasteiger partial charge in [-0.1, -0.05) is 77.8 Å². The molecule has 2 heterocycles. The van der Waals surface area contributed by atoms with Crippen LogP contribution in [0.3, 0.4) is 0 Å². The van der Waals surface area contributed by atoms with E-state index in [0.29, 0.717) is 80.7 Å². The molecule has 0 spiro atoms. The first-order valence-corrected chi connectivity index (χ1v) is 21.2. The van der Waals surface area contributed by atoms with E-state index in [-0.39, 0.29) is 26.0 Å². The Labute approximate surface area is 373 Å². The van der Waals surface area contributed by atoms with Crippen LogP contribution in [0.1, 0.15) is 65.2 Å². The Morgan fingerprint density at radius 3 is 2.22 bits per heavy atom. The summed E-state index contributed by atoms with van der Waals surface area (Å²) in [5, 5.41) is 35.9. The monoisotopic (exact) mass is 888 g/mol. The fourth-order valence-electron chi connectivity index (χ4n) is 8.02. The van der Waals surface area contributed by atoms with Gasteiger partial charge in [0.05, 0.1) is 40.0 Å². The number of nitriles is 1. The molecule has 2 aliphatic heterocycles. The van der Waals surface area contributed by atoms with Gasteiger partial charge in [-0.2, -0.15) is 5.26 Å². The van der Waals surface area contributed by atoms with Gasteiger partial charge in [-0.05, 0) is 108 Å². The van der Waals surface area contributed by atoms with Crippen LogP contribution in [0, 0.1) is 11.3 Å². The highest BCUT2D eigenvalue weighted by atomic mass is 35.5. The first-order chi connectivity index (χ1) is 30.4. The minimum Gasteiger partial charge on any atom is -0.489 e. The van der Waals surface area contributed by atoms with E-state index in [2.05, 4.69) is 16.7 Å². The van der Waals surface area contributed by atoms with Crippen molar-refractivity contribution in [3.8, 4) is 28.7 Å². The van der Waals surface area contributed by atoms with Crippen LogP contribution in [0.5, 0.6) is 11.5 Å². The molecule has 15 heteroatoms. The Balaban J connectivity index is 0.983. The average Bonchev–Trinajstić information content (AvgIpc) is 3.29. The minimum absolute atomic E-state index is 0.00153. The molecule has 1 unspecified atom stereocenters. The van der Waals surface area contributed by atoms with E-state index < -0.39 is 54.3 Å². The third-order valence-corrected chi connectivity index (χ3v) is 12.3. The van der Waals surface area contributed by atoms with Crippen molar-refractivity contribution in [2.45, 2.75) is 82.1 Å². The van der Waals surface area contributed by atoms with Gasteiger partial charge >= 0.3 is 12.1 Å². The molecule has 3 amide bonds. The predicted molar refractivity (Wildman–Crippen MR) is 233 cm³/mol. The van der Waals surface area contributed by atoms with Crippen LogP contribution in [0.2, 0.25) is 10.0 Å². The number of anilines is 1. The van der Waals surface area contributed by atoms with E-state index >= 15 is 0 Å². The SMILES string of the molecule is N#Cc1ccc(-c2ccc(C[C@H](NC(=O)[C@@H]3Cc4cc5c(cc4CN3C(=O)OC3CCC(O)CC3)OC(c3ccc(OCc4ccc(Cl)c(Cl)c4)cc3)C(=O)N5)C(=O)O)cc2)cc1. The summed E-state index contributed by atoms with van der Waals surface area (Å²) in [4.78, 5) is 55.4. The fraction of sp³-hybridized carbons (Fsp3) is 0.271. The number of carboxylic acid groups (broad SMARTS) is 1. The van der Waals surface area contributed by atoms with Gasteiger partial charge in [0.1, 0.15) is 36.3 Å². The summed E-state index contributed by atoms with van der Waals surface area (Å²) in [5.41, 5.74) is 6.08. The van der Waals surface area contributed by atoms with E-state index in [1.807, 2.05) is 30.3 Å². The third kappa shape index (κ3) is 10.1. The highest BCUT2D eigenvalue weighted by molar-refractivity contribution is 6.42. The molecule has 63 heavy (non-hydrogen) atoms. The number of aliphatic hydroxyl groups is 1. The first-order valence-electron chi connectivity index (χ1n) is 20.5. The second-order valence-corrected chi connectivity index (χ2v) is 16.7. The summed E-state index contributed by atoms with van der Waals surface area (Å²) in [7, 11) is 0. The lowest BCUT2D eigenvalue weighted by molar-refractivity contribution is -0.142. The number of hydrogen-bond donors (Lipinski definition) is 4. The van der Waals surface area contributed by atoms with Crippen LogP contribution in [-0.2, 0) is 45.1 Å². The molecule has 0 bridgehead atoms. The van der Waals surface area contributed by atoms with Crippen molar-refractivity contribution in [2.75, 3.05) is 5.32 Å². The van der Waals surface area contributed by atoms with Gasteiger partial charge in [0, 0.05) is 18.4 Å². The lowest BCUT2D eigenvalue weighted by Crippen LogP contribution is -2.56. The van der Waals surface area contributed by atoms with Crippen LogP contribution >= 0.6 is 23.2 Å². The number of nitrogens with zero attached hydrogens (tertiary/aromatic N) is 2. The first kappa shape index (κ1) is 43.1. The maximum Gasteiger partial charge on any atom is 0.411 e. The van der Waals surface area contributed by atoms with Gasteiger partial charge in [-0.15, -0.1) is 0 Å².